The minimum atomic E-state index is -4.60. The van der Waals surface area contributed by atoms with Crippen molar-refractivity contribution < 1.29 is 61.9 Å². The van der Waals surface area contributed by atoms with E-state index in [0.717, 1.165) is 6.92 Å². The highest BCUT2D eigenvalue weighted by molar-refractivity contribution is 7.52. The van der Waals surface area contributed by atoms with Crippen LogP contribution in [0.3, 0.4) is 0 Å². The molecule has 2 N–H and O–H groups in total. The Morgan fingerprint density at radius 2 is 1.30 bits per heavy atom. The summed E-state index contributed by atoms with van der Waals surface area (Å²) in [7, 11) is -3.41. The van der Waals surface area contributed by atoms with Crippen molar-refractivity contribution in [2.24, 2.45) is 10.5 Å². The van der Waals surface area contributed by atoms with E-state index >= 15 is 0 Å². The second-order valence-corrected chi connectivity index (χ2v) is 7.77. The van der Waals surface area contributed by atoms with Crippen molar-refractivity contribution in [2.75, 3.05) is 33.5 Å². The van der Waals surface area contributed by atoms with Crippen molar-refractivity contribution in [1.82, 2.24) is 5.06 Å². The Morgan fingerprint density at radius 1 is 0.879 bits per heavy atom. The fourth-order valence-electron chi connectivity index (χ4n) is 1.45. The molecule has 0 aliphatic rings. The number of hydrogen-bond acceptors (Lipinski definition) is 13. The van der Waals surface area contributed by atoms with Crippen molar-refractivity contribution in [2.45, 2.75) is 46.8 Å². The number of hydrogen-bond donors (Lipinski definition) is 1. The first kappa shape index (κ1) is 30.4. The fourth-order valence-corrected chi connectivity index (χ4v) is 2.34. The van der Waals surface area contributed by atoms with Gasteiger partial charge in [0.15, 0.2) is 0 Å². The van der Waals surface area contributed by atoms with E-state index in [9.17, 15) is 18.9 Å². The van der Waals surface area contributed by atoms with Gasteiger partial charge < -0.3 is 29.5 Å². The van der Waals surface area contributed by atoms with Crippen LogP contribution in [-0.4, -0.2) is 75.0 Å². The summed E-state index contributed by atoms with van der Waals surface area (Å²) in [6, 6.07) is 0. The molecule has 0 aromatic carbocycles. The van der Waals surface area contributed by atoms with Gasteiger partial charge in [-0.1, -0.05) is 0 Å². The van der Waals surface area contributed by atoms with Gasteiger partial charge in [-0.2, -0.15) is 5.06 Å². The maximum absolute atomic E-state index is 12.7. The average molecular weight is 503 g/mol. The van der Waals surface area contributed by atoms with E-state index in [1.807, 2.05) is 0 Å². The lowest BCUT2D eigenvalue weighted by molar-refractivity contribution is -0.271. The molecule has 0 aromatic rings. The molecule has 0 spiro atoms. The molecule has 0 aliphatic carbocycles. The first-order chi connectivity index (χ1) is 15.3. The molecule has 17 heteroatoms. The molecular formula is C16H30N3O13P. The van der Waals surface area contributed by atoms with Crippen molar-refractivity contribution in [3.05, 3.63) is 0 Å². The maximum atomic E-state index is 12.7. The lowest BCUT2D eigenvalue weighted by Gasteiger charge is -2.17. The lowest BCUT2D eigenvalue weighted by atomic mass is 10.5. The Kier molecular flexibility index (Phi) is 14.8. The predicted octanol–water partition coefficient (Wildman–Crippen LogP) is 1.84. The second kappa shape index (κ2) is 16.0. The summed E-state index contributed by atoms with van der Waals surface area (Å²) < 4.78 is 44.2. The van der Waals surface area contributed by atoms with Crippen LogP contribution in [0, 0.1) is 0 Å². The highest BCUT2D eigenvalue weighted by Crippen LogP contribution is 2.50. The summed E-state index contributed by atoms with van der Waals surface area (Å²) in [4.78, 5) is 47.5. The van der Waals surface area contributed by atoms with Crippen LogP contribution in [0.5, 0.6) is 0 Å². The first-order valence-electron chi connectivity index (χ1n) is 9.52. The summed E-state index contributed by atoms with van der Waals surface area (Å²) in [5.74, 6) is -1.34. The number of hydroxylamine groups is 2. The predicted molar refractivity (Wildman–Crippen MR) is 108 cm³/mol. The van der Waals surface area contributed by atoms with E-state index in [1.165, 1.54) is 7.05 Å². The topological polar surface area (TPSA) is 193 Å². The van der Waals surface area contributed by atoms with Gasteiger partial charge in [0.1, 0.15) is 26.4 Å². The van der Waals surface area contributed by atoms with Crippen molar-refractivity contribution in [3.8, 4) is 0 Å². The van der Waals surface area contributed by atoms with Crippen molar-refractivity contribution >= 4 is 32.0 Å². The Labute approximate surface area is 190 Å². The van der Waals surface area contributed by atoms with Gasteiger partial charge in [0.25, 0.3) is 0 Å². The van der Waals surface area contributed by atoms with Gasteiger partial charge in [0.2, 0.25) is 5.96 Å². The van der Waals surface area contributed by atoms with E-state index in [0.29, 0.717) is 5.06 Å². The van der Waals surface area contributed by atoms with Gasteiger partial charge in [0, 0.05) is 14.0 Å². The number of nitrogens with two attached hydrogens (primary N) is 1. The molecule has 0 atom stereocenters. The number of carbonyl (C=O) groups is 3. The summed E-state index contributed by atoms with van der Waals surface area (Å²) in [6.07, 6.45) is -2.67. The highest BCUT2D eigenvalue weighted by atomic mass is 31.2. The normalized spacial score (nSPS) is 11.8. The first-order valence-corrected chi connectivity index (χ1v) is 11.0. The quantitative estimate of drug-likeness (QED) is 0.0727. The van der Waals surface area contributed by atoms with E-state index in [2.05, 4.69) is 38.2 Å². The Bertz CT molecular complexity index is 665. The van der Waals surface area contributed by atoms with Crippen LogP contribution in [0.4, 0.5) is 9.59 Å². The third-order valence-electron chi connectivity index (χ3n) is 2.54. The van der Waals surface area contributed by atoms with Gasteiger partial charge in [-0.05, 0) is 27.7 Å². The van der Waals surface area contributed by atoms with Crippen molar-refractivity contribution in [1.29, 1.82) is 0 Å². The highest BCUT2D eigenvalue weighted by Gasteiger charge is 2.30. The van der Waals surface area contributed by atoms with E-state index in [1.54, 1.807) is 27.7 Å². The standard InChI is InChI=1S/C16H30N3O13P/c1-11(2)28-15(21)24-7-9-26-31-33(23,18-14(17)19(6)30-13(5)20)32-27-10-8-25-16(22)29-12(3)4/h11-12H,7-10H2,1-6H3,(H2,17,18,23). The molecule has 0 saturated carbocycles. The molecule has 0 saturated heterocycles. The molecule has 0 bridgehead atoms. The number of ether oxygens (including phenoxy) is 4. The van der Waals surface area contributed by atoms with Crippen LogP contribution in [0.1, 0.15) is 34.6 Å². The van der Waals surface area contributed by atoms with Crippen molar-refractivity contribution in [3.63, 3.8) is 0 Å². The van der Waals surface area contributed by atoms with Crippen LogP contribution in [-0.2, 0) is 52.3 Å². The van der Waals surface area contributed by atoms with Gasteiger partial charge in [0.05, 0.1) is 12.2 Å². The number of carbonyl (C=O) groups excluding carboxylic acids is 3. The smallest absolute Gasteiger partial charge is 0.432 e. The third kappa shape index (κ3) is 16.6. The summed E-state index contributed by atoms with van der Waals surface area (Å²) >= 11 is 0. The largest absolute Gasteiger partial charge is 0.511 e. The van der Waals surface area contributed by atoms with E-state index in [4.69, 9.17) is 15.2 Å². The molecule has 0 amide bonds. The molecule has 0 unspecified atom stereocenters. The molecule has 16 nitrogen and oxygen atoms in total. The summed E-state index contributed by atoms with van der Waals surface area (Å²) in [5, 5.41) is 0.678. The van der Waals surface area contributed by atoms with E-state index < -0.39 is 45.2 Å². The van der Waals surface area contributed by atoms with Crippen LogP contribution in [0.2, 0.25) is 0 Å². The molecule has 0 radical (unpaired) electrons. The molecule has 0 aromatic heterocycles. The van der Waals surface area contributed by atoms with Crippen LogP contribution < -0.4 is 5.73 Å². The Balaban J connectivity index is 4.78. The van der Waals surface area contributed by atoms with E-state index in [-0.39, 0.29) is 25.4 Å². The zero-order valence-electron chi connectivity index (χ0n) is 19.2. The zero-order chi connectivity index (χ0) is 25.4. The maximum Gasteiger partial charge on any atom is 0.511 e. The van der Waals surface area contributed by atoms with Crippen LogP contribution >= 0.6 is 7.75 Å². The third-order valence-corrected chi connectivity index (χ3v) is 3.58. The van der Waals surface area contributed by atoms with Gasteiger partial charge in [-0.15, -0.1) is 14.1 Å². The monoisotopic (exact) mass is 503 g/mol. The summed E-state index contributed by atoms with van der Waals surface area (Å²) in [5.41, 5.74) is 5.57. The minimum absolute atomic E-state index is 0.329. The second-order valence-electron chi connectivity index (χ2n) is 6.33. The summed E-state index contributed by atoms with van der Waals surface area (Å²) in [6.45, 7) is 6.14. The lowest BCUT2D eigenvalue weighted by Crippen LogP contribution is -2.35. The fraction of sp³-hybridized carbons (Fsp3) is 0.750. The molecule has 192 valence electrons. The number of guanidine groups is 1. The molecule has 0 aliphatic heterocycles. The molecular weight excluding hydrogens is 473 g/mol. The molecule has 33 heavy (non-hydrogen) atoms. The SMILES string of the molecule is CC(=O)ON(C)/C(N)=N\P(=O)(OOCCOC(=O)OC(C)C)OOCCOC(=O)OC(C)C. The van der Waals surface area contributed by atoms with Gasteiger partial charge in [-0.3, -0.25) is 4.79 Å². The number of nitrogens with zero attached hydrogens (tertiary/aromatic N) is 2. The number of rotatable bonds is 13. The molecule has 0 heterocycles. The average Bonchev–Trinajstić information content (AvgIpc) is 2.65. The van der Waals surface area contributed by atoms with Crippen LogP contribution in [0.25, 0.3) is 0 Å². The van der Waals surface area contributed by atoms with Gasteiger partial charge >= 0.3 is 26.0 Å². The minimum Gasteiger partial charge on any atom is -0.432 e. The van der Waals surface area contributed by atoms with Gasteiger partial charge in [-0.25, -0.2) is 23.9 Å². The Hall–Kier alpha value is -2.65. The zero-order valence-corrected chi connectivity index (χ0v) is 20.1. The molecule has 0 rings (SSSR count). The Morgan fingerprint density at radius 3 is 1.67 bits per heavy atom. The van der Waals surface area contributed by atoms with Crippen LogP contribution in [0.15, 0.2) is 4.76 Å². The molecule has 0 fully saturated rings.